The van der Waals surface area contributed by atoms with Crippen LogP contribution >= 0.6 is 0 Å². The van der Waals surface area contributed by atoms with Crippen molar-refractivity contribution >= 4 is 12.0 Å². The number of likely N-dealkylation sites (N-methyl/N-ethyl adjacent to an activating group) is 1. The Balaban J connectivity index is 2.65. The van der Waals surface area contributed by atoms with E-state index in [4.69, 9.17) is 0 Å². The fourth-order valence-electron chi connectivity index (χ4n) is 2.01. The van der Waals surface area contributed by atoms with Crippen LogP contribution in [0.25, 0.3) is 0 Å². The van der Waals surface area contributed by atoms with Gasteiger partial charge in [0, 0.05) is 13.1 Å². The summed E-state index contributed by atoms with van der Waals surface area (Å²) in [5.41, 5.74) is 0. The molecule has 2 amide bonds. The van der Waals surface area contributed by atoms with Crippen molar-refractivity contribution in [3.63, 3.8) is 0 Å². The van der Waals surface area contributed by atoms with Crippen molar-refractivity contribution in [1.82, 2.24) is 10.2 Å². The van der Waals surface area contributed by atoms with Gasteiger partial charge in [0.2, 0.25) is 5.91 Å². The van der Waals surface area contributed by atoms with Gasteiger partial charge in [-0.2, -0.15) is 0 Å². The lowest BCUT2D eigenvalue weighted by Gasteiger charge is -2.30. The quantitative estimate of drug-likeness (QED) is 0.813. The third-order valence-electron chi connectivity index (χ3n) is 3.65. The predicted molar refractivity (Wildman–Crippen MR) is 69.1 cm³/mol. The number of carbonyl (C=O) groups excluding carboxylic acids is 2. The minimum absolute atomic E-state index is 0.0328. The van der Waals surface area contributed by atoms with Crippen LogP contribution in [0.15, 0.2) is 0 Å². The maximum atomic E-state index is 12.4. The van der Waals surface area contributed by atoms with E-state index in [-0.39, 0.29) is 17.9 Å². The number of ether oxygens (including phenoxy) is 1. The monoisotopic (exact) mass is 256 g/mol. The van der Waals surface area contributed by atoms with E-state index >= 15 is 0 Å². The maximum Gasteiger partial charge on any atom is 0.407 e. The van der Waals surface area contributed by atoms with Gasteiger partial charge in [-0.1, -0.05) is 13.8 Å². The molecule has 1 rings (SSSR count). The lowest BCUT2D eigenvalue weighted by atomic mass is 10.0. The Bertz CT molecular complexity index is 313. The molecule has 2 atom stereocenters. The number of methoxy groups -OCH3 is 1. The molecular weight excluding hydrogens is 232 g/mol. The molecule has 1 N–H and O–H groups in total. The average Bonchev–Trinajstić information content (AvgIpc) is 3.16. The Kier molecular flexibility index (Phi) is 4.99. The average molecular weight is 256 g/mol. The van der Waals surface area contributed by atoms with Crippen LogP contribution in [0.5, 0.6) is 0 Å². The summed E-state index contributed by atoms with van der Waals surface area (Å²) >= 11 is 0. The van der Waals surface area contributed by atoms with Crippen LogP contribution in [0.4, 0.5) is 4.79 Å². The van der Waals surface area contributed by atoms with E-state index in [1.165, 1.54) is 20.0 Å². The van der Waals surface area contributed by atoms with Crippen molar-refractivity contribution in [2.24, 2.45) is 11.8 Å². The normalized spacial score (nSPS) is 18.1. The number of alkyl carbamates (subject to hydrolysis) is 1. The van der Waals surface area contributed by atoms with Gasteiger partial charge in [-0.25, -0.2) is 4.79 Å². The third-order valence-corrected chi connectivity index (χ3v) is 3.65. The molecular formula is C13H24N2O3. The lowest BCUT2D eigenvalue weighted by Crippen LogP contribution is -2.52. The zero-order chi connectivity index (χ0) is 13.9. The molecule has 0 bridgehead atoms. The molecule has 0 unspecified atom stereocenters. The van der Waals surface area contributed by atoms with Crippen molar-refractivity contribution < 1.29 is 14.3 Å². The van der Waals surface area contributed by atoms with E-state index < -0.39 is 12.1 Å². The van der Waals surface area contributed by atoms with E-state index in [0.717, 1.165) is 0 Å². The maximum absolute atomic E-state index is 12.4. The highest BCUT2D eigenvalue weighted by Gasteiger charge is 2.36. The second-order valence-corrected chi connectivity index (χ2v) is 5.38. The summed E-state index contributed by atoms with van der Waals surface area (Å²) in [6.07, 6.45) is 1.82. The number of amides is 2. The number of nitrogens with zero attached hydrogens (tertiary/aromatic N) is 1. The van der Waals surface area contributed by atoms with Crippen molar-refractivity contribution in [3.8, 4) is 0 Å². The van der Waals surface area contributed by atoms with Crippen LogP contribution in [-0.4, -0.2) is 43.1 Å². The molecule has 0 aromatic rings. The van der Waals surface area contributed by atoms with E-state index in [2.05, 4.69) is 17.0 Å². The van der Waals surface area contributed by atoms with Crippen molar-refractivity contribution in [3.05, 3.63) is 0 Å². The summed E-state index contributed by atoms with van der Waals surface area (Å²) in [4.78, 5) is 25.4. The summed E-state index contributed by atoms with van der Waals surface area (Å²) in [7, 11) is 3.10. The Morgan fingerprint density at radius 1 is 1.28 bits per heavy atom. The summed E-state index contributed by atoms with van der Waals surface area (Å²) in [6, 6.07) is -0.290. The van der Waals surface area contributed by atoms with Gasteiger partial charge < -0.3 is 15.0 Å². The van der Waals surface area contributed by atoms with Gasteiger partial charge >= 0.3 is 6.09 Å². The number of rotatable bonds is 5. The van der Waals surface area contributed by atoms with E-state index in [1.54, 1.807) is 11.9 Å². The Morgan fingerprint density at radius 2 is 1.83 bits per heavy atom. The van der Waals surface area contributed by atoms with Crippen molar-refractivity contribution in [1.29, 1.82) is 0 Å². The van der Waals surface area contributed by atoms with Crippen LogP contribution < -0.4 is 5.32 Å². The molecule has 0 aromatic heterocycles. The van der Waals surface area contributed by atoms with Crippen LogP contribution in [0.1, 0.15) is 33.6 Å². The van der Waals surface area contributed by atoms with Crippen LogP contribution in [-0.2, 0) is 9.53 Å². The first-order valence-electron chi connectivity index (χ1n) is 6.49. The topological polar surface area (TPSA) is 58.6 Å². The molecule has 1 fully saturated rings. The SMILES string of the molecule is COC(=O)N[C@H](C(=O)N(C)[C@H](C)C1CC1)C(C)C. The second kappa shape index (κ2) is 6.07. The first-order valence-corrected chi connectivity index (χ1v) is 6.49. The molecule has 5 heteroatoms. The Hall–Kier alpha value is -1.26. The summed E-state index contributed by atoms with van der Waals surface area (Å²) in [6.45, 7) is 5.88. The third kappa shape index (κ3) is 3.62. The van der Waals surface area contributed by atoms with E-state index in [0.29, 0.717) is 5.92 Å². The highest BCUT2D eigenvalue weighted by molar-refractivity contribution is 5.86. The highest BCUT2D eigenvalue weighted by Crippen LogP contribution is 2.34. The minimum Gasteiger partial charge on any atom is -0.453 e. The van der Waals surface area contributed by atoms with Crippen LogP contribution in [0.3, 0.4) is 0 Å². The van der Waals surface area contributed by atoms with E-state index in [1.807, 2.05) is 13.8 Å². The summed E-state index contributed by atoms with van der Waals surface area (Å²) in [5, 5.41) is 2.61. The molecule has 0 saturated heterocycles. The Labute approximate surface area is 109 Å². The molecule has 5 nitrogen and oxygen atoms in total. The second-order valence-electron chi connectivity index (χ2n) is 5.38. The standard InChI is InChI=1S/C13H24N2O3/c1-8(2)11(14-13(17)18-5)12(16)15(4)9(3)10-6-7-10/h8-11H,6-7H2,1-5H3,(H,14,17)/t9-,11+/m1/s1. The van der Waals surface area contributed by atoms with Gasteiger partial charge in [-0.15, -0.1) is 0 Å². The van der Waals surface area contributed by atoms with Gasteiger partial charge in [0.25, 0.3) is 0 Å². The molecule has 1 aliphatic rings. The molecule has 0 heterocycles. The van der Waals surface area contributed by atoms with Crippen LogP contribution in [0, 0.1) is 11.8 Å². The van der Waals surface area contributed by atoms with E-state index in [9.17, 15) is 9.59 Å². The fourth-order valence-corrected chi connectivity index (χ4v) is 2.01. The number of hydrogen-bond acceptors (Lipinski definition) is 3. The predicted octanol–water partition coefficient (Wildman–Crippen LogP) is 1.62. The number of carbonyl (C=O) groups is 2. The lowest BCUT2D eigenvalue weighted by molar-refractivity contribution is -0.135. The fraction of sp³-hybridized carbons (Fsp3) is 0.846. The number of nitrogens with one attached hydrogen (secondary N) is 1. The smallest absolute Gasteiger partial charge is 0.407 e. The van der Waals surface area contributed by atoms with Gasteiger partial charge in [0.15, 0.2) is 0 Å². The molecule has 18 heavy (non-hydrogen) atoms. The van der Waals surface area contributed by atoms with Gasteiger partial charge in [-0.05, 0) is 31.6 Å². The first-order chi connectivity index (χ1) is 8.38. The van der Waals surface area contributed by atoms with Crippen molar-refractivity contribution in [2.75, 3.05) is 14.2 Å². The minimum atomic E-state index is -0.561. The summed E-state index contributed by atoms with van der Waals surface area (Å²) in [5.74, 6) is 0.602. The molecule has 104 valence electrons. The zero-order valence-electron chi connectivity index (χ0n) is 11.9. The zero-order valence-corrected chi connectivity index (χ0v) is 11.9. The van der Waals surface area contributed by atoms with Crippen LogP contribution in [0.2, 0.25) is 0 Å². The van der Waals surface area contributed by atoms with Gasteiger partial charge in [0.05, 0.1) is 7.11 Å². The molecule has 0 radical (unpaired) electrons. The molecule has 0 aromatic carbocycles. The molecule has 0 spiro atoms. The highest BCUT2D eigenvalue weighted by atomic mass is 16.5. The molecule has 1 aliphatic carbocycles. The molecule has 1 saturated carbocycles. The van der Waals surface area contributed by atoms with Gasteiger partial charge in [-0.3, -0.25) is 4.79 Å². The van der Waals surface area contributed by atoms with Gasteiger partial charge in [0.1, 0.15) is 6.04 Å². The first kappa shape index (κ1) is 14.8. The summed E-state index contributed by atoms with van der Waals surface area (Å²) < 4.78 is 4.56. The largest absolute Gasteiger partial charge is 0.453 e. The van der Waals surface area contributed by atoms with Crippen molar-refractivity contribution in [2.45, 2.75) is 45.7 Å². The molecule has 0 aliphatic heterocycles. The Morgan fingerprint density at radius 3 is 2.22 bits per heavy atom. The number of hydrogen-bond donors (Lipinski definition) is 1.